The monoisotopic (exact) mass is 393 g/mol. The first kappa shape index (κ1) is 23.1. The van der Waals surface area contributed by atoms with Crippen LogP contribution in [-0.4, -0.2) is 42.1 Å². The summed E-state index contributed by atoms with van der Waals surface area (Å²) in [6, 6.07) is 7.76. The fraction of sp³-hybridized carbons (Fsp3) is 0.500. The van der Waals surface area contributed by atoms with Crippen molar-refractivity contribution in [2.75, 3.05) is 6.61 Å². The summed E-state index contributed by atoms with van der Waals surface area (Å²) in [5.74, 6) is -2.09. The van der Waals surface area contributed by atoms with Crippen LogP contribution in [0.5, 0.6) is 0 Å². The van der Waals surface area contributed by atoms with Gasteiger partial charge in [-0.1, -0.05) is 30.3 Å². The number of carbonyl (C=O) groups excluding carboxylic acids is 4. The lowest BCUT2D eigenvalue weighted by Crippen LogP contribution is -2.45. The third-order valence-electron chi connectivity index (χ3n) is 3.32. The van der Waals surface area contributed by atoms with Gasteiger partial charge in [0.15, 0.2) is 5.78 Å². The number of carbonyl (C=O) groups is 4. The molecular formula is C20H27NO7. The highest BCUT2D eigenvalue weighted by Gasteiger charge is 2.28. The van der Waals surface area contributed by atoms with E-state index >= 15 is 0 Å². The van der Waals surface area contributed by atoms with Crippen LogP contribution in [0.3, 0.4) is 0 Å². The minimum absolute atomic E-state index is 0.0326. The minimum Gasteiger partial charge on any atom is -0.466 e. The molecule has 154 valence electrons. The van der Waals surface area contributed by atoms with E-state index in [4.69, 9.17) is 14.2 Å². The largest absolute Gasteiger partial charge is 0.466 e. The molecule has 1 aromatic rings. The molecule has 0 aliphatic rings. The fourth-order valence-electron chi connectivity index (χ4n) is 2.14. The Morgan fingerprint density at radius 3 is 2.21 bits per heavy atom. The molecule has 8 nitrogen and oxygen atoms in total. The van der Waals surface area contributed by atoms with Gasteiger partial charge >= 0.3 is 18.0 Å². The molecule has 0 unspecified atom stereocenters. The topological polar surface area (TPSA) is 108 Å². The number of rotatable bonds is 9. The molecule has 0 saturated carbocycles. The van der Waals surface area contributed by atoms with Crippen LogP contribution in [0.25, 0.3) is 0 Å². The lowest BCUT2D eigenvalue weighted by Gasteiger charge is -2.22. The van der Waals surface area contributed by atoms with Crippen LogP contribution in [0.4, 0.5) is 4.79 Å². The lowest BCUT2D eigenvalue weighted by molar-refractivity contribution is -0.150. The quantitative estimate of drug-likeness (QED) is 0.390. The molecule has 0 aliphatic heterocycles. The molecule has 0 aromatic heterocycles. The van der Waals surface area contributed by atoms with Crippen molar-refractivity contribution in [2.45, 2.75) is 58.8 Å². The number of hydrogen-bond acceptors (Lipinski definition) is 7. The van der Waals surface area contributed by atoms with Gasteiger partial charge in [0.2, 0.25) is 0 Å². The number of benzene rings is 1. The molecule has 0 bridgehead atoms. The molecule has 1 rings (SSSR count). The highest BCUT2D eigenvalue weighted by atomic mass is 16.6. The van der Waals surface area contributed by atoms with Gasteiger partial charge in [0.1, 0.15) is 24.7 Å². The number of Topliss-reactive ketones (excluding diaryl/α,β-unsaturated/α-hetero) is 1. The summed E-state index contributed by atoms with van der Waals surface area (Å²) in [5.41, 5.74) is -0.00235. The van der Waals surface area contributed by atoms with Crippen LogP contribution >= 0.6 is 0 Å². The standard InChI is InChI=1S/C20H27NO7/c1-5-26-18(24)12-16(22)15(21-19(25)28-20(2,3)4)11-17(23)27-13-14-9-7-6-8-10-14/h6-10,15H,5,11-13H2,1-4H3,(H,21,25)/t15-/m0/s1. The maximum absolute atomic E-state index is 12.4. The van der Waals surface area contributed by atoms with Gasteiger partial charge in [-0.25, -0.2) is 4.79 Å². The van der Waals surface area contributed by atoms with Crippen molar-refractivity contribution >= 4 is 23.8 Å². The number of ether oxygens (including phenoxy) is 3. The number of esters is 2. The molecule has 1 aromatic carbocycles. The van der Waals surface area contributed by atoms with Gasteiger partial charge < -0.3 is 19.5 Å². The average Bonchev–Trinajstić information content (AvgIpc) is 2.58. The van der Waals surface area contributed by atoms with E-state index in [9.17, 15) is 19.2 Å². The minimum atomic E-state index is -1.26. The SMILES string of the molecule is CCOC(=O)CC(=O)[C@H](CC(=O)OCc1ccccc1)NC(=O)OC(C)(C)C. The van der Waals surface area contributed by atoms with Gasteiger partial charge in [0.25, 0.3) is 0 Å². The number of hydrogen-bond donors (Lipinski definition) is 1. The van der Waals surface area contributed by atoms with Crippen LogP contribution in [0.15, 0.2) is 30.3 Å². The second-order valence-electron chi connectivity index (χ2n) is 7.00. The van der Waals surface area contributed by atoms with E-state index in [0.717, 1.165) is 5.56 Å². The van der Waals surface area contributed by atoms with Crippen LogP contribution in [-0.2, 0) is 35.2 Å². The van der Waals surface area contributed by atoms with E-state index in [-0.39, 0.29) is 13.2 Å². The summed E-state index contributed by atoms with van der Waals surface area (Å²) < 4.78 is 15.0. The molecule has 0 aliphatic carbocycles. The van der Waals surface area contributed by atoms with E-state index < -0.39 is 48.3 Å². The summed E-state index contributed by atoms with van der Waals surface area (Å²) in [4.78, 5) is 48.0. The Bertz CT molecular complexity index is 680. The maximum atomic E-state index is 12.4. The third kappa shape index (κ3) is 9.70. The van der Waals surface area contributed by atoms with Crippen molar-refractivity contribution in [1.82, 2.24) is 5.32 Å². The average molecular weight is 393 g/mol. The van der Waals surface area contributed by atoms with Crippen molar-refractivity contribution in [1.29, 1.82) is 0 Å². The predicted molar refractivity (Wildman–Crippen MR) is 100 cm³/mol. The second-order valence-corrected chi connectivity index (χ2v) is 7.00. The van der Waals surface area contributed by atoms with E-state index in [1.54, 1.807) is 52.0 Å². The van der Waals surface area contributed by atoms with Gasteiger partial charge in [-0.05, 0) is 33.3 Å². The Morgan fingerprint density at radius 2 is 1.64 bits per heavy atom. The molecule has 0 spiro atoms. The normalized spacial score (nSPS) is 11.9. The highest BCUT2D eigenvalue weighted by Crippen LogP contribution is 2.09. The van der Waals surface area contributed by atoms with Gasteiger partial charge in [-0.15, -0.1) is 0 Å². The van der Waals surface area contributed by atoms with Crippen molar-refractivity contribution in [3.63, 3.8) is 0 Å². The second kappa shape index (κ2) is 11.1. The fourth-order valence-corrected chi connectivity index (χ4v) is 2.14. The summed E-state index contributed by atoms with van der Waals surface area (Å²) in [7, 11) is 0. The summed E-state index contributed by atoms with van der Waals surface area (Å²) in [6.45, 7) is 6.75. The molecule has 0 saturated heterocycles. The Labute approximate surface area is 164 Å². The van der Waals surface area contributed by atoms with Gasteiger partial charge in [-0.2, -0.15) is 0 Å². The maximum Gasteiger partial charge on any atom is 0.408 e. The van der Waals surface area contributed by atoms with E-state index in [0.29, 0.717) is 0 Å². The van der Waals surface area contributed by atoms with Crippen LogP contribution in [0, 0.1) is 0 Å². The number of nitrogens with one attached hydrogen (secondary N) is 1. The zero-order valence-corrected chi connectivity index (χ0v) is 16.7. The molecule has 0 radical (unpaired) electrons. The molecule has 1 amide bonds. The molecular weight excluding hydrogens is 366 g/mol. The van der Waals surface area contributed by atoms with Gasteiger partial charge in [-0.3, -0.25) is 14.4 Å². The molecule has 1 atom stereocenters. The zero-order valence-electron chi connectivity index (χ0n) is 16.7. The molecule has 0 fully saturated rings. The molecule has 8 heteroatoms. The summed E-state index contributed by atoms with van der Waals surface area (Å²) in [5, 5.41) is 2.33. The highest BCUT2D eigenvalue weighted by molar-refractivity contribution is 6.01. The van der Waals surface area contributed by atoms with Crippen molar-refractivity contribution in [2.24, 2.45) is 0 Å². The number of amides is 1. The number of ketones is 1. The Balaban J connectivity index is 2.72. The van der Waals surface area contributed by atoms with Crippen LogP contribution in [0.2, 0.25) is 0 Å². The van der Waals surface area contributed by atoms with Gasteiger partial charge in [0, 0.05) is 0 Å². The van der Waals surface area contributed by atoms with E-state index in [2.05, 4.69) is 5.32 Å². The van der Waals surface area contributed by atoms with Crippen molar-refractivity contribution in [3.8, 4) is 0 Å². The Morgan fingerprint density at radius 1 is 1.00 bits per heavy atom. The van der Waals surface area contributed by atoms with Crippen LogP contribution < -0.4 is 5.32 Å². The molecule has 1 N–H and O–H groups in total. The van der Waals surface area contributed by atoms with Crippen molar-refractivity contribution in [3.05, 3.63) is 35.9 Å². The van der Waals surface area contributed by atoms with E-state index in [1.165, 1.54) is 0 Å². The number of alkyl carbamates (subject to hydrolysis) is 1. The smallest absolute Gasteiger partial charge is 0.408 e. The molecule has 28 heavy (non-hydrogen) atoms. The lowest BCUT2D eigenvalue weighted by atomic mass is 10.1. The Hall–Kier alpha value is -2.90. The zero-order chi connectivity index (χ0) is 21.2. The van der Waals surface area contributed by atoms with E-state index in [1.807, 2.05) is 6.07 Å². The summed E-state index contributed by atoms with van der Waals surface area (Å²) in [6.07, 6.45) is -1.87. The first-order chi connectivity index (χ1) is 13.1. The third-order valence-corrected chi connectivity index (χ3v) is 3.32. The summed E-state index contributed by atoms with van der Waals surface area (Å²) >= 11 is 0. The van der Waals surface area contributed by atoms with Gasteiger partial charge in [0.05, 0.1) is 13.0 Å². The predicted octanol–water partition coefficient (Wildman–Crippen LogP) is 2.54. The first-order valence-corrected chi connectivity index (χ1v) is 8.98. The van der Waals surface area contributed by atoms with Crippen molar-refractivity contribution < 1.29 is 33.4 Å². The van der Waals surface area contributed by atoms with Crippen LogP contribution in [0.1, 0.15) is 46.1 Å². The first-order valence-electron chi connectivity index (χ1n) is 8.98. The molecule has 0 heterocycles. The Kier molecular flexibility index (Phi) is 9.14.